The van der Waals surface area contributed by atoms with E-state index in [0.717, 1.165) is 29.4 Å². The minimum atomic E-state index is 0.786. The molecule has 2 N–H and O–H groups in total. The van der Waals surface area contributed by atoms with Gasteiger partial charge in [0.25, 0.3) is 0 Å². The first-order valence-electron chi connectivity index (χ1n) is 6.32. The van der Waals surface area contributed by atoms with Crippen LogP contribution in [0.4, 0.5) is 5.69 Å². The van der Waals surface area contributed by atoms with Gasteiger partial charge in [-0.05, 0) is 48.9 Å². The lowest BCUT2D eigenvalue weighted by Crippen LogP contribution is -2.17. The fourth-order valence-corrected chi connectivity index (χ4v) is 2.36. The van der Waals surface area contributed by atoms with Gasteiger partial charge in [0.1, 0.15) is 0 Å². The van der Waals surface area contributed by atoms with Gasteiger partial charge in [0.2, 0.25) is 0 Å². The van der Waals surface area contributed by atoms with Gasteiger partial charge in [-0.1, -0.05) is 35.9 Å². The summed E-state index contributed by atoms with van der Waals surface area (Å²) >= 11 is 5.99. The molecule has 0 atom stereocenters. The third-order valence-corrected chi connectivity index (χ3v) is 3.36. The highest BCUT2D eigenvalue weighted by Crippen LogP contribution is 2.16. The molecule has 0 bridgehead atoms. The minimum absolute atomic E-state index is 0.786. The highest BCUT2D eigenvalue weighted by atomic mass is 35.5. The highest BCUT2D eigenvalue weighted by Gasteiger charge is 2.03. The first kappa shape index (κ1) is 13.9. The molecule has 0 spiro atoms. The van der Waals surface area contributed by atoms with Gasteiger partial charge < -0.3 is 5.73 Å². The van der Waals surface area contributed by atoms with E-state index in [9.17, 15) is 0 Å². The van der Waals surface area contributed by atoms with Crippen molar-refractivity contribution in [3.63, 3.8) is 0 Å². The van der Waals surface area contributed by atoms with Gasteiger partial charge in [0, 0.05) is 23.8 Å². The Hall–Kier alpha value is -1.51. The van der Waals surface area contributed by atoms with E-state index in [1.807, 2.05) is 31.2 Å². The molecule has 0 radical (unpaired) electrons. The molecule has 0 saturated heterocycles. The van der Waals surface area contributed by atoms with Crippen molar-refractivity contribution in [2.75, 3.05) is 12.8 Å². The summed E-state index contributed by atoms with van der Waals surface area (Å²) in [6.07, 6.45) is 0. The lowest BCUT2D eigenvalue weighted by Gasteiger charge is -2.17. The molecule has 2 rings (SSSR count). The van der Waals surface area contributed by atoms with Crippen LogP contribution in [-0.2, 0) is 13.1 Å². The van der Waals surface area contributed by atoms with Gasteiger partial charge in [0.15, 0.2) is 0 Å². The van der Waals surface area contributed by atoms with Gasteiger partial charge >= 0.3 is 0 Å². The standard InChI is InChI=1S/C16H19ClN2/c1-12-8-14(6-7-16(12)18)11-19(2)10-13-4-3-5-15(17)9-13/h3-9H,10-11,18H2,1-2H3. The van der Waals surface area contributed by atoms with Crippen LogP contribution in [0.25, 0.3) is 0 Å². The second-order valence-corrected chi connectivity index (χ2v) is 5.43. The summed E-state index contributed by atoms with van der Waals surface area (Å²) in [6.45, 7) is 3.81. The highest BCUT2D eigenvalue weighted by molar-refractivity contribution is 6.30. The third kappa shape index (κ3) is 3.98. The molecule has 0 unspecified atom stereocenters. The van der Waals surface area contributed by atoms with Crippen molar-refractivity contribution >= 4 is 17.3 Å². The molecule has 2 nitrogen and oxygen atoms in total. The first-order valence-corrected chi connectivity index (χ1v) is 6.70. The van der Waals surface area contributed by atoms with Crippen molar-refractivity contribution in [3.8, 4) is 0 Å². The van der Waals surface area contributed by atoms with Crippen LogP contribution in [0.15, 0.2) is 42.5 Å². The average molecular weight is 275 g/mol. The largest absolute Gasteiger partial charge is 0.399 e. The Balaban J connectivity index is 2.01. The lowest BCUT2D eigenvalue weighted by molar-refractivity contribution is 0.319. The van der Waals surface area contributed by atoms with E-state index in [1.165, 1.54) is 11.1 Å². The fourth-order valence-electron chi connectivity index (χ4n) is 2.15. The number of aryl methyl sites for hydroxylation is 1. The molecule has 0 aliphatic rings. The van der Waals surface area contributed by atoms with Gasteiger partial charge in [0.05, 0.1) is 0 Å². The van der Waals surface area contributed by atoms with Gasteiger partial charge in [-0.2, -0.15) is 0 Å². The van der Waals surface area contributed by atoms with Crippen molar-refractivity contribution in [2.24, 2.45) is 0 Å². The number of nitrogen functional groups attached to an aromatic ring is 1. The van der Waals surface area contributed by atoms with E-state index in [4.69, 9.17) is 17.3 Å². The molecule has 0 fully saturated rings. The number of halogens is 1. The minimum Gasteiger partial charge on any atom is -0.399 e. The van der Waals surface area contributed by atoms with Crippen LogP contribution < -0.4 is 5.73 Å². The van der Waals surface area contributed by atoms with Crippen LogP contribution in [0, 0.1) is 6.92 Å². The van der Waals surface area contributed by atoms with Gasteiger partial charge in [-0.15, -0.1) is 0 Å². The molecule has 0 heterocycles. The maximum atomic E-state index is 5.99. The smallest absolute Gasteiger partial charge is 0.0409 e. The zero-order valence-electron chi connectivity index (χ0n) is 11.4. The number of rotatable bonds is 4. The molecule has 3 heteroatoms. The summed E-state index contributed by atoms with van der Waals surface area (Å²) in [5, 5.41) is 0.786. The summed E-state index contributed by atoms with van der Waals surface area (Å²) in [4.78, 5) is 2.26. The van der Waals surface area contributed by atoms with Crippen LogP contribution in [-0.4, -0.2) is 11.9 Å². The van der Waals surface area contributed by atoms with Crippen molar-refractivity contribution in [2.45, 2.75) is 20.0 Å². The average Bonchev–Trinajstić information content (AvgIpc) is 2.34. The Morgan fingerprint density at radius 1 is 1.05 bits per heavy atom. The topological polar surface area (TPSA) is 29.3 Å². The first-order chi connectivity index (χ1) is 9.04. The van der Waals surface area contributed by atoms with E-state index in [1.54, 1.807) is 0 Å². The van der Waals surface area contributed by atoms with E-state index in [-0.39, 0.29) is 0 Å². The Morgan fingerprint density at radius 3 is 2.37 bits per heavy atom. The molecule has 2 aromatic carbocycles. The van der Waals surface area contributed by atoms with E-state index < -0.39 is 0 Å². The Morgan fingerprint density at radius 2 is 1.74 bits per heavy atom. The van der Waals surface area contributed by atoms with E-state index >= 15 is 0 Å². The summed E-state index contributed by atoms with van der Waals surface area (Å²) in [7, 11) is 2.10. The summed E-state index contributed by atoms with van der Waals surface area (Å²) in [6, 6.07) is 14.2. The molecular weight excluding hydrogens is 256 g/mol. The number of benzene rings is 2. The molecule has 100 valence electrons. The summed E-state index contributed by atoms with van der Waals surface area (Å²) in [5.74, 6) is 0. The van der Waals surface area contributed by atoms with Gasteiger partial charge in [-0.25, -0.2) is 0 Å². The molecular formula is C16H19ClN2. The van der Waals surface area contributed by atoms with Crippen molar-refractivity contribution < 1.29 is 0 Å². The van der Waals surface area contributed by atoms with Crippen LogP contribution in [0.5, 0.6) is 0 Å². The fraction of sp³-hybridized carbons (Fsp3) is 0.250. The van der Waals surface area contributed by atoms with Crippen LogP contribution >= 0.6 is 11.6 Å². The van der Waals surface area contributed by atoms with Crippen molar-refractivity contribution in [1.29, 1.82) is 0 Å². The molecule has 0 amide bonds. The zero-order valence-corrected chi connectivity index (χ0v) is 12.1. The zero-order chi connectivity index (χ0) is 13.8. The molecule has 2 aromatic rings. The second-order valence-electron chi connectivity index (χ2n) is 4.99. The molecule has 0 aliphatic carbocycles. The normalized spacial score (nSPS) is 10.9. The quantitative estimate of drug-likeness (QED) is 0.858. The monoisotopic (exact) mass is 274 g/mol. The number of nitrogens with zero attached hydrogens (tertiary/aromatic N) is 1. The van der Waals surface area contributed by atoms with Crippen molar-refractivity contribution in [1.82, 2.24) is 4.90 Å². The number of nitrogens with two attached hydrogens (primary N) is 1. The summed E-state index contributed by atoms with van der Waals surface area (Å²) in [5.41, 5.74) is 10.3. The maximum Gasteiger partial charge on any atom is 0.0409 e. The van der Waals surface area contributed by atoms with Gasteiger partial charge in [-0.3, -0.25) is 4.90 Å². The Bertz CT molecular complexity index is 566. The van der Waals surface area contributed by atoms with E-state index in [0.29, 0.717) is 0 Å². The van der Waals surface area contributed by atoms with E-state index in [2.05, 4.69) is 30.1 Å². The van der Waals surface area contributed by atoms with Crippen LogP contribution in [0.3, 0.4) is 0 Å². The predicted octanol–water partition coefficient (Wildman–Crippen LogP) is 3.86. The maximum absolute atomic E-state index is 5.99. The summed E-state index contributed by atoms with van der Waals surface area (Å²) < 4.78 is 0. The lowest BCUT2D eigenvalue weighted by atomic mass is 10.1. The molecule has 0 aliphatic heterocycles. The SMILES string of the molecule is Cc1cc(CN(C)Cc2cccc(Cl)c2)ccc1N. The number of hydrogen-bond acceptors (Lipinski definition) is 2. The Kier molecular flexibility index (Phi) is 4.46. The molecule has 0 saturated carbocycles. The predicted molar refractivity (Wildman–Crippen MR) is 82.2 cm³/mol. The molecule has 19 heavy (non-hydrogen) atoms. The van der Waals surface area contributed by atoms with Crippen molar-refractivity contribution in [3.05, 3.63) is 64.2 Å². The third-order valence-electron chi connectivity index (χ3n) is 3.13. The Labute approximate surface area is 119 Å². The second kappa shape index (κ2) is 6.09. The van der Waals surface area contributed by atoms with Crippen LogP contribution in [0.2, 0.25) is 5.02 Å². The molecule has 0 aromatic heterocycles. The number of anilines is 1. The van der Waals surface area contributed by atoms with Crippen LogP contribution in [0.1, 0.15) is 16.7 Å². The number of hydrogen-bond donors (Lipinski definition) is 1.